The van der Waals surface area contributed by atoms with Crippen LogP contribution in [0.3, 0.4) is 0 Å². The average Bonchev–Trinajstić information content (AvgIpc) is 3.16. The third kappa shape index (κ3) is 4.65. The number of aromatic nitrogens is 1. The van der Waals surface area contributed by atoms with Crippen LogP contribution in [-0.4, -0.2) is 10.7 Å². The Labute approximate surface area is 149 Å². The number of nitrogens with one attached hydrogen (secondary N) is 2. The van der Waals surface area contributed by atoms with Crippen LogP contribution in [-0.2, 0) is 0 Å². The lowest BCUT2D eigenvalue weighted by atomic mass is 10.0. The summed E-state index contributed by atoms with van der Waals surface area (Å²) in [5, 5.41) is 3.16. The van der Waals surface area contributed by atoms with E-state index in [0.717, 1.165) is 41.4 Å². The van der Waals surface area contributed by atoms with Gasteiger partial charge in [-0.25, -0.2) is 10.4 Å². The molecule has 1 atom stereocenters. The monoisotopic (exact) mass is 344 g/mol. The number of nitrogens with zero attached hydrogens (tertiary/aromatic N) is 2. The Morgan fingerprint density at radius 1 is 1.38 bits per heavy atom. The molecule has 0 aliphatic carbocycles. The molecule has 0 spiro atoms. The van der Waals surface area contributed by atoms with E-state index >= 15 is 0 Å². The maximum atomic E-state index is 4.87. The molecule has 0 bridgehead atoms. The largest absolute Gasteiger partial charge is 0.325 e. The van der Waals surface area contributed by atoms with Crippen molar-refractivity contribution >= 4 is 17.0 Å². The number of allylic oxidation sites excluding steroid dienone is 3. The highest BCUT2D eigenvalue weighted by atomic mass is 32.1. The number of hydrogen-bond acceptors (Lipinski definition) is 5. The van der Waals surface area contributed by atoms with E-state index in [4.69, 9.17) is 4.98 Å². The summed E-state index contributed by atoms with van der Waals surface area (Å²) in [7, 11) is 0. The molecule has 1 aromatic rings. The van der Waals surface area contributed by atoms with Crippen molar-refractivity contribution in [3.05, 3.63) is 51.3 Å². The third-order valence-electron chi connectivity index (χ3n) is 3.71. The summed E-state index contributed by atoms with van der Waals surface area (Å²) in [6.07, 6.45) is 9.35. The van der Waals surface area contributed by atoms with E-state index in [9.17, 15) is 0 Å². The molecular formula is C19H28N4S. The molecule has 5 heteroatoms. The predicted octanol–water partition coefficient (Wildman–Crippen LogP) is 5.05. The van der Waals surface area contributed by atoms with E-state index in [1.165, 1.54) is 11.1 Å². The summed E-state index contributed by atoms with van der Waals surface area (Å²) in [6.45, 7) is 10.5. The lowest BCUT2D eigenvalue weighted by molar-refractivity contribution is 0.582. The van der Waals surface area contributed by atoms with Gasteiger partial charge in [0.1, 0.15) is 5.01 Å². The molecule has 130 valence electrons. The lowest BCUT2D eigenvalue weighted by Gasteiger charge is -2.09. The lowest BCUT2D eigenvalue weighted by Crippen LogP contribution is -2.26. The van der Waals surface area contributed by atoms with Crippen LogP contribution in [0.1, 0.15) is 70.6 Å². The number of hydrazine groups is 1. The first-order chi connectivity index (χ1) is 11.6. The predicted molar refractivity (Wildman–Crippen MR) is 104 cm³/mol. The molecule has 0 saturated carbocycles. The first-order valence-corrected chi connectivity index (χ1v) is 9.49. The van der Waals surface area contributed by atoms with Crippen LogP contribution in [0.4, 0.5) is 0 Å². The summed E-state index contributed by atoms with van der Waals surface area (Å²) in [4.78, 5) is 9.52. The fourth-order valence-electron chi connectivity index (χ4n) is 2.47. The van der Waals surface area contributed by atoms with Gasteiger partial charge >= 0.3 is 0 Å². The molecule has 1 aliphatic heterocycles. The van der Waals surface area contributed by atoms with Gasteiger partial charge in [-0.3, -0.25) is 4.99 Å². The molecule has 24 heavy (non-hydrogen) atoms. The van der Waals surface area contributed by atoms with Gasteiger partial charge in [0.15, 0.2) is 0 Å². The Morgan fingerprint density at radius 3 is 2.83 bits per heavy atom. The maximum absolute atomic E-state index is 4.87. The van der Waals surface area contributed by atoms with Gasteiger partial charge in [0.05, 0.1) is 17.4 Å². The average molecular weight is 345 g/mol. The van der Waals surface area contributed by atoms with Crippen LogP contribution in [0.25, 0.3) is 0 Å². The van der Waals surface area contributed by atoms with Gasteiger partial charge in [0, 0.05) is 17.3 Å². The molecule has 1 aliphatic rings. The fraction of sp³-hybridized carbons (Fsp3) is 0.474. The van der Waals surface area contributed by atoms with E-state index in [2.05, 4.69) is 68.0 Å². The molecule has 0 radical (unpaired) electrons. The highest BCUT2D eigenvalue weighted by molar-refractivity contribution is 7.11. The summed E-state index contributed by atoms with van der Waals surface area (Å²) >= 11 is 1.68. The van der Waals surface area contributed by atoms with Gasteiger partial charge in [-0.15, -0.1) is 11.3 Å². The SMILES string of the molecule is CC/C=C\C1=C(C)NNC1c1csc(C(CCC)=NC=C(C)C)n1. The second kappa shape index (κ2) is 8.94. The van der Waals surface area contributed by atoms with Gasteiger partial charge in [-0.2, -0.15) is 0 Å². The van der Waals surface area contributed by atoms with Crippen LogP contribution >= 0.6 is 11.3 Å². The molecular weight excluding hydrogens is 316 g/mol. The smallest absolute Gasteiger partial charge is 0.137 e. The van der Waals surface area contributed by atoms with E-state index in [-0.39, 0.29) is 6.04 Å². The molecule has 2 heterocycles. The highest BCUT2D eigenvalue weighted by Gasteiger charge is 2.25. The van der Waals surface area contributed by atoms with Gasteiger partial charge in [-0.1, -0.05) is 38.0 Å². The maximum Gasteiger partial charge on any atom is 0.137 e. The quantitative estimate of drug-likeness (QED) is 0.681. The molecule has 1 unspecified atom stereocenters. The van der Waals surface area contributed by atoms with E-state index in [1.54, 1.807) is 11.3 Å². The zero-order valence-corrected chi connectivity index (χ0v) is 16.1. The first kappa shape index (κ1) is 18.6. The summed E-state index contributed by atoms with van der Waals surface area (Å²) in [5.41, 5.74) is 12.3. The second-order valence-electron chi connectivity index (χ2n) is 6.20. The van der Waals surface area contributed by atoms with E-state index in [1.807, 2.05) is 6.20 Å². The molecule has 0 saturated heterocycles. The third-order valence-corrected chi connectivity index (χ3v) is 4.62. The van der Waals surface area contributed by atoms with Crippen molar-refractivity contribution in [3.63, 3.8) is 0 Å². The highest BCUT2D eigenvalue weighted by Crippen LogP contribution is 2.29. The Morgan fingerprint density at radius 2 is 2.17 bits per heavy atom. The zero-order valence-electron chi connectivity index (χ0n) is 15.3. The van der Waals surface area contributed by atoms with Crippen molar-refractivity contribution in [2.24, 2.45) is 4.99 Å². The minimum absolute atomic E-state index is 0.101. The fourth-order valence-corrected chi connectivity index (χ4v) is 3.34. The number of thiazole rings is 1. The molecule has 2 rings (SSSR count). The van der Waals surface area contributed by atoms with Crippen molar-refractivity contribution in [2.45, 2.75) is 59.9 Å². The van der Waals surface area contributed by atoms with Crippen LogP contribution in [0, 0.1) is 0 Å². The minimum Gasteiger partial charge on any atom is -0.325 e. The standard InChI is InChI=1S/C19H28N4S/c1-6-8-10-15-14(5)22-23-18(15)17-12-24-19(21-17)16(9-7-2)20-11-13(3)4/h8,10-12,18,22-23H,6-7,9H2,1-5H3/b10-8-,20-16?. The molecule has 0 amide bonds. The minimum atomic E-state index is 0.101. The van der Waals surface area contributed by atoms with Gasteiger partial charge in [0.2, 0.25) is 0 Å². The number of rotatable bonds is 7. The molecule has 1 aromatic heterocycles. The number of hydrogen-bond donors (Lipinski definition) is 2. The molecule has 0 aromatic carbocycles. The van der Waals surface area contributed by atoms with Crippen LogP contribution in [0.15, 0.2) is 45.6 Å². The van der Waals surface area contributed by atoms with Crippen LogP contribution < -0.4 is 10.9 Å². The van der Waals surface area contributed by atoms with Crippen molar-refractivity contribution in [1.82, 2.24) is 15.8 Å². The van der Waals surface area contributed by atoms with Crippen molar-refractivity contribution < 1.29 is 0 Å². The Bertz CT molecular complexity index is 675. The molecule has 0 fully saturated rings. The topological polar surface area (TPSA) is 49.3 Å². The van der Waals surface area contributed by atoms with Gasteiger partial charge < -0.3 is 5.43 Å². The summed E-state index contributed by atoms with van der Waals surface area (Å²) < 4.78 is 0. The summed E-state index contributed by atoms with van der Waals surface area (Å²) in [6, 6.07) is 0.101. The van der Waals surface area contributed by atoms with Crippen molar-refractivity contribution in [3.8, 4) is 0 Å². The summed E-state index contributed by atoms with van der Waals surface area (Å²) in [5.74, 6) is 0. The van der Waals surface area contributed by atoms with Crippen LogP contribution in [0.5, 0.6) is 0 Å². The van der Waals surface area contributed by atoms with E-state index in [0.29, 0.717) is 0 Å². The first-order valence-electron chi connectivity index (χ1n) is 8.61. The second-order valence-corrected chi connectivity index (χ2v) is 7.06. The Hall–Kier alpha value is -1.72. The normalized spacial score (nSPS) is 18.4. The van der Waals surface area contributed by atoms with Gasteiger partial charge in [0.25, 0.3) is 0 Å². The zero-order chi connectivity index (χ0) is 17.5. The Balaban J connectivity index is 2.28. The molecule has 2 N–H and O–H groups in total. The van der Waals surface area contributed by atoms with Crippen LogP contribution in [0.2, 0.25) is 0 Å². The van der Waals surface area contributed by atoms with E-state index < -0.39 is 0 Å². The van der Waals surface area contributed by atoms with Crippen molar-refractivity contribution in [1.29, 1.82) is 0 Å². The van der Waals surface area contributed by atoms with Gasteiger partial charge in [-0.05, 0) is 39.2 Å². The number of aliphatic imine (C=N–C) groups is 1. The van der Waals surface area contributed by atoms with Crippen molar-refractivity contribution in [2.75, 3.05) is 0 Å². The Kier molecular flexibility index (Phi) is 6.94. The molecule has 4 nitrogen and oxygen atoms in total.